The van der Waals surface area contributed by atoms with Crippen molar-refractivity contribution >= 4 is 46.1 Å². The van der Waals surface area contributed by atoms with Crippen molar-refractivity contribution in [2.75, 3.05) is 30.9 Å². The van der Waals surface area contributed by atoms with Crippen LogP contribution in [-0.2, 0) is 4.79 Å². The molecule has 2 aromatic rings. The summed E-state index contributed by atoms with van der Waals surface area (Å²) in [7, 11) is 3.80. The minimum atomic E-state index is -0.106. The lowest BCUT2D eigenvalue weighted by atomic mass is 10.2. The Labute approximate surface area is 150 Å². The first-order chi connectivity index (χ1) is 11.5. The molecule has 0 fully saturated rings. The number of hydrogen-bond acceptors (Lipinski definition) is 4. The van der Waals surface area contributed by atoms with Crippen LogP contribution in [0, 0.1) is 0 Å². The molecule has 1 aromatic carbocycles. The average Bonchev–Trinajstić information content (AvgIpc) is 3.05. The van der Waals surface area contributed by atoms with Gasteiger partial charge in [-0.2, -0.15) is 0 Å². The zero-order valence-electron chi connectivity index (χ0n) is 13.6. The molecule has 128 valence electrons. The normalized spacial score (nSPS) is 10.3. The SMILES string of the molecule is CN(C)c1ccc(Cl)cc1NC(=O)CCCNC(=O)c1cccs1. The zero-order valence-corrected chi connectivity index (χ0v) is 15.2. The molecule has 0 spiro atoms. The molecule has 0 unspecified atom stereocenters. The maximum absolute atomic E-state index is 12.1. The highest BCUT2D eigenvalue weighted by atomic mass is 35.5. The van der Waals surface area contributed by atoms with Crippen molar-refractivity contribution in [1.29, 1.82) is 0 Å². The Hall–Kier alpha value is -2.05. The lowest BCUT2D eigenvalue weighted by molar-refractivity contribution is -0.116. The molecule has 0 saturated heterocycles. The Balaban J connectivity index is 1.79. The molecule has 0 saturated carbocycles. The number of nitrogens with one attached hydrogen (secondary N) is 2. The molecule has 7 heteroatoms. The summed E-state index contributed by atoms with van der Waals surface area (Å²) < 4.78 is 0. The van der Waals surface area contributed by atoms with E-state index in [1.165, 1.54) is 11.3 Å². The van der Waals surface area contributed by atoms with Crippen molar-refractivity contribution in [3.63, 3.8) is 0 Å². The van der Waals surface area contributed by atoms with E-state index >= 15 is 0 Å². The molecular weight excluding hydrogens is 346 g/mol. The Kier molecular flexibility index (Phi) is 6.63. The second-order valence-corrected chi connectivity index (χ2v) is 6.82. The van der Waals surface area contributed by atoms with Gasteiger partial charge in [-0.3, -0.25) is 9.59 Å². The fourth-order valence-electron chi connectivity index (χ4n) is 2.16. The number of carbonyl (C=O) groups excluding carboxylic acids is 2. The molecule has 0 atom stereocenters. The second kappa shape index (κ2) is 8.70. The minimum absolute atomic E-state index is 0.102. The third-order valence-electron chi connectivity index (χ3n) is 3.33. The summed E-state index contributed by atoms with van der Waals surface area (Å²) in [5.74, 6) is -0.208. The first-order valence-electron chi connectivity index (χ1n) is 7.56. The number of benzene rings is 1. The van der Waals surface area contributed by atoms with Crippen LogP contribution in [0.1, 0.15) is 22.5 Å². The van der Waals surface area contributed by atoms with E-state index in [9.17, 15) is 9.59 Å². The fourth-order valence-corrected chi connectivity index (χ4v) is 2.97. The highest BCUT2D eigenvalue weighted by Gasteiger charge is 2.10. The van der Waals surface area contributed by atoms with Crippen LogP contribution >= 0.6 is 22.9 Å². The van der Waals surface area contributed by atoms with E-state index in [1.807, 2.05) is 36.5 Å². The third kappa shape index (κ3) is 5.25. The number of nitrogens with zero attached hydrogens (tertiary/aromatic N) is 1. The number of hydrogen-bond donors (Lipinski definition) is 2. The van der Waals surface area contributed by atoms with Crippen molar-refractivity contribution in [2.45, 2.75) is 12.8 Å². The number of rotatable bonds is 7. The predicted octanol–water partition coefficient (Wildman–Crippen LogP) is 3.62. The van der Waals surface area contributed by atoms with Gasteiger partial charge in [0.2, 0.25) is 5.91 Å². The van der Waals surface area contributed by atoms with Gasteiger partial charge in [0.25, 0.3) is 5.91 Å². The molecule has 2 rings (SSSR count). The molecule has 5 nitrogen and oxygen atoms in total. The summed E-state index contributed by atoms with van der Waals surface area (Å²) in [5, 5.41) is 8.10. The maximum atomic E-state index is 12.1. The second-order valence-electron chi connectivity index (χ2n) is 5.44. The van der Waals surface area contributed by atoms with E-state index in [1.54, 1.807) is 18.2 Å². The van der Waals surface area contributed by atoms with Crippen LogP contribution in [0.2, 0.25) is 5.02 Å². The smallest absolute Gasteiger partial charge is 0.261 e. The molecule has 0 aliphatic rings. The standard InChI is InChI=1S/C17H20ClN3O2S/c1-21(2)14-8-7-12(18)11-13(14)20-16(22)6-3-9-19-17(23)15-5-4-10-24-15/h4-5,7-8,10-11H,3,6,9H2,1-2H3,(H,19,23)(H,20,22). The van der Waals surface area contributed by atoms with Gasteiger partial charge in [0.05, 0.1) is 16.3 Å². The molecule has 0 radical (unpaired) electrons. The van der Waals surface area contributed by atoms with Crippen LogP contribution in [0.15, 0.2) is 35.7 Å². The predicted molar refractivity (Wildman–Crippen MR) is 100 cm³/mol. The van der Waals surface area contributed by atoms with Gasteiger partial charge in [-0.15, -0.1) is 11.3 Å². The van der Waals surface area contributed by atoms with Crippen LogP contribution in [-0.4, -0.2) is 32.5 Å². The maximum Gasteiger partial charge on any atom is 0.261 e. The van der Waals surface area contributed by atoms with Crippen molar-refractivity contribution in [3.05, 3.63) is 45.6 Å². The van der Waals surface area contributed by atoms with E-state index in [-0.39, 0.29) is 11.8 Å². The minimum Gasteiger partial charge on any atom is -0.376 e. The van der Waals surface area contributed by atoms with Crippen LogP contribution in [0.3, 0.4) is 0 Å². The summed E-state index contributed by atoms with van der Waals surface area (Å²) in [6.07, 6.45) is 0.894. The van der Waals surface area contributed by atoms with E-state index in [0.29, 0.717) is 35.0 Å². The van der Waals surface area contributed by atoms with Crippen LogP contribution in [0.4, 0.5) is 11.4 Å². The topological polar surface area (TPSA) is 61.4 Å². The Morgan fingerprint density at radius 2 is 2.04 bits per heavy atom. The first kappa shape index (κ1) is 18.3. The van der Waals surface area contributed by atoms with Crippen LogP contribution < -0.4 is 15.5 Å². The fraction of sp³-hybridized carbons (Fsp3) is 0.294. The van der Waals surface area contributed by atoms with Gasteiger partial charge in [-0.05, 0) is 36.1 Å². The van der Waals surface area contributed by atoms with Gasteiger partial charge >= 0.3 is 0 Å². The average molecular weight is 366 g/mol. The van der Waals surface area contributed by atoms with E-state index in [2.05, 4.69) is 10.6 Å². The number of thiophene rings is 1. The largest absolute Gasteiger partial charge is 0.376 e. The van der Waals surface area contributed by atoms with Gasteiger partial charge in [0.15, 0.2) is 0 Å². The highest BCUT2D eigenvalue weighted by Crippen LogP contribution is 2.27. The summed E-state index contributed by atoms with van der Waals surface area (Å²) >= 11 is 7.39. The Morgan fingerprint density at radius 1 is 1.25 bits per heavy atom. The first-order valence-corrected chi connectivity index (χ1v) is 8.81. The molecule has 1 heterocycles. The lowest BCUT2D eigenvalue weighted by Crippen LogP contribution is -2.24. The molecule has 2 N–H and O–H groups in total. The van der Waals surface area contributed by atoms with Crippen LogP contribution in [0.25, 0.3) is 0 Å². The Bertz CT molecular complexity index is 702. The van der Waals surface area contributed by atoms with Crippen molar-refractivity contribution < 1.29 is 9.59 Å². The van der Waals surface area contributed by atoms with Gasteiger partial charge in [0.1, 0.15) is 0 Å². The molecule has 0 aliphatic heterocycles. The van der Waals surface area contributed by atoms with Crippen molar-refractivity contribution in [2.24, 2.45) is 0 Å². The number of halogens is 1. The monoisotopic (exact) mass is 365 g/mol. The lowest BCUT2D eigenvalue weighted by Gasteiger charge is -2.18. The molecule has 24 heavy (non-hydrogen) atoms. The molecular formula is C17H20ClN3O2S. The Morgan fingerprint density at radius 3 is 2.71 bits per heavy atom. The third-order valence-corrected chi connectivity index (χ3v) is 4.43. The van der Waals surface area contributed by atoms with Gasteiger partial charge in [0, 0.05) is 32.1 Å². The van der Waals surface area contributed by atoms with Gasteiger partial charge < -0.3 is 15.5 Å². The van der Waals surface area contributed by atoms with Crippen molar-refractivity contribution in [1.82, 2.24) is 5.32 Å². The summed E-state index contributed by atoms with van der Waals surface area (Å²) in [6, 6.07) is 8.98. The number of carbonyl (C=O) groups is 2. The number of amides is 2. The van der Waals surface area contributed by atoms with E-state index in [0.717, 1.165) is 5.69 Å². The highest BCUT2D eigenvalue weighted by molar-refractivity contribution is 7.12. The van der Waals surface area contributed by atoms with Crippen LogP contribution in [0.5, 0.6) is 0 Å². The molecule has 0 aliphatic carbocycles. The summed E-state index contributed by atoms with van der Waals surface area (Å²) in [5.41, 5.74) is 1.57. The number of anilines is 2. The molecule has 1 aromatic heterocycles. The quantitative estimate of drug-likeness (QED) is 0.737. The summed E-state index contributed by atoms with van der Waals surface area (Å²) in [6.45, 7) is 0.459. The summed E-state index contributed by atoms with van der Waals surface area (Å²) in [4.78, 5) is 26.5. The molecule has 2 amide bonds. The van der Waals surface area contributed by atoms with E-state index < -0.39 is 0 Å². The van der Waals surface area contributed by atoms with Crippen molar-refractivity contribution in [3.8, 4) is 0 Å². The molecule has 0 bridgehead atoms. The van der Waals surface area contributed by atoms with Gasteiger partial charge in [-0.25, -0.2) is 0 Å². The zero-order chi connectivity index (χ0) is 17.5. The van der Waals surface area contributed by atoms with Gasteiger partial charge in [-0.1, -0.05) is 17.7 Å². The van der Waals surface area contributed by atoms with E-state index in [4.69, 9.17) is 11.6 Å².